The van der Waals surface area contributed by atoms with E-state index in [2.05, 4.69) is 72.8 Å². The van der Waals surface area contributed by atoms with Crippen molar-refractivity contribution in [3.63, 3.8) is 0 Å². The molecule has 0 saturated carbocycles. The van der Waals surface area contributed by atoms with Gasteiger partial charge in [-0.25, -0.2) is 0 Å². The Kier molecular flexibility index (Phi) is 5.52. The predicted molar refractivity (Wildman–Crippen MR) is 124 cm³/mol. The van der Waals surface area contributed by atoms with Gasteiger partial charge >= 0.3 is 0 Å². The highest BCUT2D eigenvalue weighted by atomic mass is 14.2. The molecule has 0 aliphatic carbocycles. The van der Waals surface area contributed by atoms with Crippen molar-refractivity contribution in [3.8, 4) is 12.1 Å². The van der Waals surface area contributed by atoms with E-state index in [9.17, 15) is 0 Å². The number of hydrogen-bond acceptors (Lipinski definition) is 2. The molecule has 2 nitrogen and oxygen atoms in total. The summed E-state index contributed by atoms with van der Waals surface area (Å²) in [5, 5.41) is 20.2. The molecule has 0 radical (unpaired) electrons. The first-order valence-electron chi connectivity index (χ1n) is 9.64. The van der Waals surface area contributed by atoms with Crippen LogP contribution < -0.4 is 0 Å². The van der Waals surface area contributed by atoms with Crippen molar-refractivity contribution in [1.29, 1.82) is 10.5 Å². The van der Waals surface area contributed by atoms with E-state index in [0.717, 1.165) is 22.3 Å². The molecule has 0 bridgehead atoms. The zero-order valence-electron chi connectivity index (χ0n) is 16.3. The molecular formula is C28H18N2. The second-order valence-electron chi connectivity index (χ2n) is 7.00. The molecule has 2 heteroatoms. The lowest BCUT2D eigenvalue weighted by molar-refractivity contribution is 1.48. The van der Waals surface area contributed by atoms with Gasteiger partial charge in [0.25, 0.3) is 0 Å². The Balaban J connectivity index is 1.55. The molecule has 140 valence electrons. The lowest BCUT2D eigenvalue weighted by atomic mass is 10.0. The average Bonchev–Trinajstić information content (AvgIpc) is 2.81. The maximum Gasteiger partial charge on any atom is 0.0991 e. The first-order valence-corrected chi connectivity index (χ1v) is 9.64. The second kappa shape index (κ2) is 8.74. The largest absolute Gasteiger partial charge is 0.192 e. The van der Waals surface area contributed by atoms with Gasteiger partial charge in [0.15, 0.2) is 0 Å². The van der Waals surface area contributed by atoms with Gasteiger partial charge < -0.3 is 0 Å². The Morgan fingerprint density at radius 1 is 0.433 bits per heavy atom. The second-order valence-corrected chi connectivity index (χ2v) is 7.00. The number of nitriles is 2. The molecule has 0 aliphatic heterocycles. The van der Waals surface area contributed by atoms with Crippen LogP contribution in [0, 0.1) is 22.7 Å². The fourth-order valence-electron chi connectivity index (χ4n) is 3.21. The zero-order valence-corrected chi connectivity index (χ0v) is 16.3. The van der Waals surface area contributed by atoms with Crippen molar-refractivity contribution in [2.45, 2.75) is 0 Å². The number of fused-ring (bicyclic) bond motifs is 1. The van der Waals surface area contributed by atoms with Gasteiger partial charge in [0, 0.05) is 0 Å². The van der Waals surface area contributed by atoms with Crippen LogP contribution in [0.1, 0.15) is 33.4 Å². The molecule has 0 spiro atoms. The van der Waals surface area contributed by atoms with Gasteiger partial charge in [0.05, 0.1) is 23.3 Å². The van der Waals surface area contributed by atoms with Crippen LogP contribution in [0.4, 0.5) is 0 Å². The smallest absolute Gasteiger partial charge is 0.0991 e. The van der Waals surface area contributed by atoms with Crippen molar-refractivity contribution < 1.29 is 0 Å². The van der Waals surface area contributed by atoms with Crippen molar-refractivity contribution in [3.05, 3.63) is 118 Å². The third-order valence-electron chi connectivity index (χ3n) is 4.90. The lowest BCUT2D eigenvalue weighted by Crippen LogP contribution is -1.79. The van der Waals surface area contributed by atoms with Crippen molar-refractivity contribution in [2.24, 2.45) is 0 Å². The number of benzene rings is 4. The van der Waals surface area contributed by atoms with E-state index in [1.165, 1.54) is 10.8 Å². The maximum absolute atomic E-state index is 8.90. The molecule has 0 heterocycles. The minimum Gasteiger partial charge on any atom is -0.192 e. The molecule has 0 atom stereocenters. The van der Waals surface area contributed by atoms with E-state index < -0.39 is 0 Å². The van der Waals surface area contributed by atoms with Gasteiger partial charge in [-0.05, 0) is 69.4 Å². The minimum absolute atomic E-state index is 0.666. The normalized spacial score (nSPS) is 11.0. The molecule has 4 rings (SSSR count). The van der Waals surface area contributed by atoms with Crippen molar-refractivity contribution >= 4 is 35.1 Å². The standard InChI is InChI=1S/C28H18N2/c29-19-25-9-3-21(4-10-25)1-7-23-13-15-27-16-14-24(18-28(27)17-23)8-2-22-5-11-26(20-30)12-6-22/h1-18H/b7-1-,8-2+. The highest BCUT2D eigenvalue weighted by Gasteiger charge is 1.97. The van der Waals surface area contributed by atoms with E-state index in [1.807, 2.05) is 48.5 Å². The first kappa shape index (κ1) is 18.9. The zero-order chi connectivity index (χ0) is 20.8. The van der Waals surface area contributed by atoms with Crippen molar-refractivity contribution in [1.82, 2.24) is 0 Å². The van der Waals surface area contributed by atoms with Gasteiger partial charge in [-0.3, -0.25) is 0 Å². The number of hydrogen-bond donors (Lipinski definition) is 0. The van der Waals surface area contributed by atoms with Crippen LogP contribution in [0.2, 0.25) is 0 Å². The van der Waals surface area contributed by atoms with Crippen molar-refractivity contribution in [2.75, 3.05) is 0 Å². The molecule has 0 amide bonds. The summed E-state index contributed by atoms with van der Waals surface area (Å²) in [5.41, 5.74) is 5.71. The Labute approximate surface area is 176 Å². The molecule has 30 heavy (non-hydrogen) atoms. The summed E-state index contributed by atoms with van der Waals surface area (Å²) in [6.07, 6.45) is 8.27. The molecular weight excluding hydrogens is 364 g/mol. The van der Waals surface area contributed by atoms with Crippen LogP contribution in [-0.2, 0) is 0 Å². The van der Waals surface area contributed by atoms with E-state index in [1.54, 1.807) is 0 Å². The third-order valence-corrected chi connectivity index (χ3v) is 4.90. The van der Waals surface area contributed by atoms with E-state index >= 15 is 0 Å². The van der Waals surface area contributed by atoms with Gasteiger partial charge in [0.1, 0.15) is 0 Å². The van der Waals surface area contributed by atoms with Gasteiger partial charge in [-0.2, -0.15) is 10.5 Å². The quantitative estimate of drug-likeness (QED) is 0.359. The molecule has 0 saturated heterocycles. The summed E-state index contributed by atoms with van der Waals surface area (Å²) in [7, 11) is 0. The molecule has 0 N–H and O–H groups in total. The summed E-state index contributed by atoms with van der Waals surface area (Å²) in [6.45, 7) is 0. The van der Waals surface area contributed by atoms with Crippen LogP contribution in [-0.4, -0.2) is 0 Å². The summed E-state index contributed by atoms with van der Waals surface area (Å²) in [5.74, 6) is 0. The fraction of sp³-hybridized carbons (Fsp3) is 0. The maximum atomic E-state index is 8.90. The Bertz CT molecular complexity index is 1220. The van der Waals surface area contributed by atoms with E-state index in [0.29, 0.717) is 11.1 Å². The third kappa shape index (κ3) is 4.53. The monoisotopic (exact) mass is 382 g/mol. The molecule has 0 aromatic heterocycles. The Hall–Kier alpha value is -4.40. The number of rotatable bonds is 4. The SMILES string of the molecule is N#Cc1ccc(/C=C\c2ccc3ccc(/C=C/c4ccc(C#N)cc4)cc3c2)cc1. The molecule has 4 aromatic carbocycles. The topological polar surface area (TPSA) is 47.6 Å². The molecule has 0 unspecified atom stereocenters. The Morgan fingerprint density at radius 2 is 0.800 bits per heavy atom. The molecule has 0 aliphatic rings. The van der Waals surface area contributed by atoms with Crippen LogP contribution in [0.3, 0.4) is 0 Å². The highest BCUT2D eigenvalue weighted by Crippen LogP contribution is 2.21. The van der Waals surface area contributed by atoms with Gasteiger partial charge in [-0.15, -0.1) is 0 Å². The van der Waals surface area contributed by atoms with Crippen LogP contribution >= 0.6 is 0 Å². The molecule has 0 fully saturated rings. The van der Waals surface area contributed by atoms with Crippen LogP contribution in [0.15, 0.2) is 84.9 Å². The number of nitrogens with zero attached hydrogens (tertiary/aromatic N) is 2. The molecule has 4 aromatic rings. The lowest BCUT2D eigenvalue weighted by Gasteiger charge is -2.02. The summed E-state index contributed by atoms with van der Waals surface area (Å²) in [4.78, 5) is 0. The first-order chi connectivity index (χ1) is 14.7. The highest BCUT2D eigenvalue weighted by molar-refractivity contribution is 5.88. The summed E-state index contributed by atoms with van der Waals surface area (Å²) in [6, 6.07) is 32.2. The van der Waals surface area contributed by atoms with Crippen LogP contribution in [0.25, 0.3) is 35.1 Å². The Morgan fingerprint density at radius 3 is 1.20 bits per heavy atom. The predicted octanol–water partition coefficient (Wildman–Crippen LogP) is 6.92. The summed E-state index contributed by atoms with van der Waals surface area (Å²) < 4.78 is 0. The van der Waals surface area contributed by atoms with E-state index in [4.69, 9.17) is 10.5 Å². The van der Waals surface area contributed by atoms with E-state index in [-0.39, 0.29) is 0 Å². The van der Waals surface area contributed by atoms with Crippen LogP contribution in [0.5, 0.6) is 0 Å². The average molecular weight is 382 g/mol. The fourth-order valence-corrected chi connectivity index (χ4v) is 3.21. The van der Waals surface area contributed by atoms with Gasteiger partial charge in [0.2, 0.25) is 0 Å². The summed E-state index contributed by atoms with van der Waals surface area (Å²) >= 11 is 0. The minimum atomic E-state index is 0.666. The van der Waals surface area contributed by atoms with Gasteiger partial charge in [-0.1, -0.05) is 72.8 Å².